The van der Waals surface area contributed by atoms with Crippen molar-refractivity contribution in [3.63, 3.8) is 0 Å². The molecule has 4 aliphatic rings. The van der Waals surface area contributed by atoms with E-state index < -0.39 is 0 Å². The fourth-order valence-electron chi connectivity index (χ4n) is 8.00. The number of alkyl halides is 2. The second-order valence-electron chi connectivity index (χ2n) is 9.92. The normalized spacial score (nSPS) is 50.9. The van der Waals surface area contributed by atoms with Crippen molar-refractivity contribution in [2.24, 2.45) is 46.8 Å². The Bertz CT molecular complexity index is 436. The van der Waals surface area contributed by atoms with Gasteiger partial charge in [-0.1, -0.05) is 6.92 Å². The third-order valence-corrected chi connectivity index (χ3v) is 9.16. The van der Waals surface area contributed by atoms with Crippen molar-refractivity contribution in [2.75, 3.05) is 13.3 Å². The van der Waals surface area contributed by atoms with Crippen molar-refractivity contribution >= 4 is 0 Å². The van der Waals surface area contributed by atoms with Crippen molar-refractivity contribution in [1.82, 2.24) is 0 Å². The quantitative estimate of drug-likeness (QED) is 0.542. The van der Waals surface area contributed by atoms with Crippen LogP contribution in [0.15, 0.2) is 0 Å². The first kappa shape index (κ1) is 17.3. The van der Waals surface area contributed by atoms with E-state index in [0.29, 0.717) is 11.3 Å². The maximum atomic E-state index is 13.1. The van der Waals surface area contributed by atoms with Crippen molar-refractivity contribution in [3.8, 4) is 0 Å². The highest BCUT2D eigenvalue weighted by molar-refractivity contribution is 5.05. The Morgan fingerprint density at radius 3 is 2.50 bits per heavy atom. The average Bonchev–Trinajstić information content (AvgIpc) is 2.95. The lowest BCUT2D eigenvalue weighted by Crippen LogP contribution is -2.48. The summed E-state index contributed by atoms with van der Waals surface area (Å²) in [6, 6.07) is 0. The van der Waals surface area contributed by atoms with Crippen LogP contribution >= 0.6 is 0 Å². The number of halogens is 2. The van der Waals surface area contributed by atoms with Gasteiger partial charge < -0.3 is 0 Å². The average molecular weight is 339 g/mol. The minimum atomic E-state index is -0.136. The van der Waals surface area contributed by atoms with E-state index in [1.165, 1.54) is 51.4 Å². The molecule has 0 radical (unpaired) electrons. The summed E-state index contributed by atoms with van der Waals surface area (Å²) in [7, 11) is 0. The third kappa shape index (κ3) is 2.75. The van der Waals surface area contributed by atoms with Crippen LogP contribution in [0.5, 0.6) is 0 Å². The van der Waals surface area contributed by atoms with Crippen LogP contribution in [0.3, 0.4) is 0 Å². The number of hydrogen-bond donors (Lipinski definition) is 0. The van der Waals surface area contributed by atoms with Gasteiger partial charge in [0.2, 0.25) is 0 Å². The van der Waals surface area contributed by atoms with Crippen LogP contribution in [0.4, 0.5) is 8.78 Å². The van der Waals surface area contributed by atoms with Crippen molar-refractivity contribution in [1.29, 1.82) is 0 Å². The lowest BCUT2D eigenvalue weighted by molar-refractivity contribution is -0.0699. The van der Waals surface area contributed by atoms with Crippen molar-refractivity contribution in [2.45, 2.75) is 77.6 Å². The molecule has 0 spiro atoms. The zero-order valence-corrected chi connectivity index (χ0v) is 15.5. The molecule has 0 amide bonds. The van der Waals surface area contributed by atoms with E-state index in [0.717, 1.165) is 54.8 Å². The van der Waals surface area contributed by atoms with Crippen molar-refractivity contribution < 1.29 is 8.78 Å². The summed E-state index contributed by atoms with van der Waals surface area (Å²) < 4.78 is 25.8. The van der Waals surface area contributed by atoms with Crippen molar-refractivity contribution in [3.05, 3.63) is 0 Å². The van der Waals surface area contributed by atoms with Crippen LogP contribution in [-0.2, 0) is 0 Å². The first-order chi connectivity index (χ1) is 11.7. The number of rotatable bonds is 4. The Morgan fingerprint density at radius 1 is 0.875 bits per heavy atom. The van der Waals surface area contributed by atoms with Crippen LogP contribution in [0.2, 0.25) is 0 Å². The van der Waals surface area contributed by atoms with E-state index in [9.17, 15) is 8.78 Å². The SMILES string of the molecule is C[C@]12CCC3C4CC[C@H](CF)C[C@H]4CC[C@H]3C1CCC2CCCF. The Balaban J connectivity index is 1.47. The molecule has 0 aromatic carbocycles. The van der Waals surface area contributed by atoms with Crippen LogP contribution < -0.4 is 0 Å². The number of hydrogen-bond acceptors (Lipinski definition) is 0. The van der Waals surface area contributed by atoms with Crippen LogP contribution in [-0.4, -0.2) is 13.3 Å². The molecule has 4 fully saturated rings. The Hall–Kier alpha value is -0.140. The minimum absolute atomic E-state index is 0.0890. The van der Waals surface area contributed by atoms with Gasteiger partial charge in [0, 0.05) is 0 Å². The predicted molar refractivity (Wildman–Crippen MR) is 95.3 cm³/mol. The largest absolute Gasteiger partial charge is 0.251 e. The molecule has 0 aromatic rings. The van der Waals surface area contributed by atoms with Gasteiger partial charge in [0.15, 0.2) is 0 Å². The molecule has 2 heteroatoms. The van der Waals surface area contributed by atoms with E-state index in [2.05, 4.69) is 6.92 Å². The molecular formula is C22H36F2. The fourth-order valence-corrected chi connectivity index (χ4v) is 8.00. The Labute approximate surface area is 147 Å². The first-order valence-electron chi connectivity index (χ1n) is 10.8. The predicted octanol–water partition coefficient (Wildman–Crippen LogP) is 6.59. The van der Waals surface area contributed by atoms with Gasteiger partial charge in [-0.2, -0.15) is 0 Å². The lowest BCUT2D eigenvalue weighted by Gasteiger charge is -2.56. The summed E-state index contributed by atoms with van der Waals surface area (Å²) in [5, 5.41) is 0. The molecule has 4 unspecified atom stereocenters. The van der Waals surface area contributed by atoms with Gasteiger partial charge in [0.05, 0.1) is 13.3 Å². The highest BCUT2D eigenvalue weighted by Crippen LogP contribution is 2.65. The van der Waals surface area contributed by atoms with Gasteiger partial charge in [0.25, 0.3) is 0 Å². The first-order valence-corrected chi connectivity index (χ1v) is 10.8. The van der Waals surface area contributed by atoms with E-state index in [1.54, 1.807) is 0 Å². The molecule has 0 aromatic heterocycles. The smallest absolute Gasteiger partial charge is 0.0922 e. The second-order valence-corrected chi connectivity index (χ2v) is 9.92. The van der Waals surface area contributed by atoms with Gasteiger partial charge >= 0.3 is 0 Å². The monoisotopic (exact) mass is 338 g/mol. The zero-order chi connectivity index (χ0) is 16.7. The van der Waals surface area contributed by atoms with Gasteiger partial charge in [-0.25, -0.2) is 0 Å². The zero-order valence-electron chi connectivity index (χ0n) is 15.5. The Morgan fingerprint density at radius 2 is 1.71 bits per heavy atom. The highest BCUT2D eigenvalue weighted by Gasteiger charge is 2.56. The molecule has 0 aliphatic heterocycles. The number of fused-ring (bicyclic) bond motifs is 5. The van der Waals surface area contributed by atoms with Gasteiger partial charge in [-0.3, -0.25) is 8.78 Å². The summed E-state index contributed by atoms with van der Waals surface area (Å²) in [4.78, 5) is 0. The Kier molecular flexibility index (Phi) is 4.95. The summed E-state index contributed by atoms with van der Waals surface area (Å²) >= 11 is 0. The van der Waals surface area contributed by atoms with E-state index >= 15 is 0 Å². The third-order valence-electron chi connectivity index (χ3n) is 9.16. The molecule has 0 nitrogen and oxygen atoms in total. The van der Waals surface area contributed by atoms with E-state index in [4.69, 9.17) is 0 Å². The topological polar surface area (TPSA) is 0 Å². The molecule has 24 heavy (non-hydrogen) atoms. The standard InChI is InChI=1S/C22H36F2/c1-22-11-10-19-18-7-4-15(14-24)13-16(18)5-8-20(19)21(22)9-6-17(22)3-2-12-23/h15-21H,2-14H2,1H3/t15-,16+,17?,18?,19?,20+,21?,22+/m0/s1. The molecule has 4 aliphatic carbocycles. The molecule has 8 atom stereocenters. The molecule has 4 saturated carbocycles. The van der Waals surface area contributed by atoms with Gasteiger partial charge in [-0.05, 0) is 117 Å². The maximum Gasteiger partial charge on any atom is 0.0922 e. The molecule has 138 valence electrons. The van der Waals surface area contributed by atoms with Crippen LogP contribution in [0.25, 0.3) is 0 Å². The summed E-state index contributed by atoms with van der Waals surface area (Å²) in [6.45, 7) is 2.33. The fraction of sp³-hybridized carbons (Fsp3) is 1.00. The van der Waals surface area contributed by atoms with E-state index in [-0.39, 0.29) is 13.3 Å². The van der Waals surface area contributed by atoms with Crippen LogP contribution in [0.1, 0.15) is 77.6 Å². The summed E-state index contributed by atoms with van der Waals surface area (Å²) in [5.41, 5.74) is 0.499. The molecule has 0 saturated heterocycles. The molecule has 0 bridgehead atoms. The van der Waals surface area contributed by atoms with E-state index in [1.807, 2.05) is 0 Å². The molecule has 4 rings (SSSR count). The summed E-state index contributed by atoms with van der Waals surface area (Å²) in [5.74, 6) is 5.65. The molecule has 0 N–H and O–H groups in total. The lowest BCUT2D eigenvalue weighted by atomic mass is 9.49. The molecule has 0 heterocycles. The minimum Gasteiger partial charge on any atom is -0.251 e. The summed E-state index contributed by atoms with van der Waals surface area (Å²) in [6.07, 6.45) is 13.8. The highest BCUT2D eigenvalue weighted by atomic mass is 19.1. The van der Waals surface area contributed by atoms with Gasteiger partial charge in [-0.15, -0.1) is 0 Å². The van der Waals surface area contributed by atoms with Crippen LogP contribution in [0, 0.1) is 46.8 Å². The maximum absolute atomic E-state index is 13.1. The molecular weight excluding hydrogens is 302 g/mol. The second kappa shape index (κ2) is 6.88. The van der Waals surface area contributed by atoms with Gasteiger partial charge in [0.1, 0.15) is 0 Å².